The van der Waals surface area contributed by atoms with Crippen LogP contribution >= 0.6 is 0 Å². The summed E-state index contributed by atoms with van der Waals surface area (Å²) in [6, 6.07) is -0.790. The summed E-state index contributed by atoms with van der Waals surface area (Å²) in [5.74, 6) is -0.201. The predicted octanol–water partition coefficient (Wildman–Crippen LogP) is 2.32. The Balaban J connectivity index is 2.62. The molecular weight excluding hydrogens is 466 g/mol. The van der Waals surface area contributed by atoms with Gasteiger partial charge in [-0.05, 0) is 19.3 Å². The number of nitrogens with one attached hydrogen (secondary N) is 1. The van der Waals surface area contributed by atoms with Gasteiger partial charge in [-0.1, -0.05) is 83.8 Å². The zero-order chi connectivity index (χ0) is 26.8. The van der Waals surface area contributed by atoms with E-state index in [1.165, 1.54) is 32.1 Å². The number of aliphatic hydroxyl groups excluding tert-OH is 5. The predicted molar refractivity (Wildman–Crippen MR) is 138 cm³/mol. The summed E-state index contributed by atoms with van der Waals surface area (Å²) in [5.41, 5.74) is 0. The van der Waals surface area contributed by atoms with E-state index in [1.807, 2.05) is 6.08 Å². The number of carbonyl (C=O) groups is 1. The maximum Gasteiger partial charge on any atom is 0.220 e. The molecule has 36 heavy (non-hydrogen) atoms. The Morgan fingerprint density at radius 3 is 2.17 bits per heavy atom. The Kier molecular flexibility index (Phi) is 18.3. The average Bonchev–Trinajstić information content (AvgIpc) is 2.87. The Bertz CT molecular complexity index is 588. The SMILES string of the molecule is CCCCCCCCC/C=C/C(O)C(COC1OC(CO)C(O)C(O)C1O)NC(=O)CCCCCC. The highest BCUT2D eigenvalue weighted by Crippen LogP contribution is 2.22. The Labute approximate surface area is 216 Å². The van der Waals surface area contributed by atoms with Gasteiger partial charge in [0.15, 0.2) is 6.29 Å². The molecule has 0 aromatic carbocycles. The number of hydrogen-bond acceptors (Lipinski definition) is 8. The van der Waals surface area contributed by atoms with Crippen molar-refractivity contribution in [2.45, 2.75) is 140 Å². The number of allylic oxidation sites excluding steroid dienone is 1. The highest BCUT2D eigenvalue weighted by Gasteiger charge is 2.44. The fourth-order valence-electron chi connectivity index (χ4n) is 4.21. The van der Waals surface area contributed by atoms with Crippen LogP contribution in [0.2, 0.25) is 0 Å². The number of carbonyl (C=O) groups excluding carboxylic acids is 1. The van der Waals surface area contributed by atoms with Gasteiger partial charge in [-0.15, -0.1) is 0 Å². The third-order valence-electron chi connectivity index (χ3n) is 6.61. The molecule has 7 atom stereocenters. The highest BCUT2D eigenvalue weighted by molar-refractivity contribution is 5.76. The van der Waals surface area contributed by atoms with Crippen molar-refractivity contribution in [2.75, 3.05) is 13.2 Å². The first-order valence-electron chi connectivity index (χ1n) is 13.9. The molecular formula is C27H51NO8. The number of ether oxygens (including phenoxy) is 2. The monoisotopic (exact) mass is 517 g/mol. The van der Waals surface area contributed by atoms with Crippen LogP contribution in [0.1, 0.15) is 97.3 Å². The fourth-order valence-corrected chi connectivity index (χ4v) is 4.21. The van der Waals surface area contributed by atoms with Crippen molar-refractivity contribution in [1.82, 2.24) is 5.32 Å². The molecule has 9 nitrogen and oxygen atoms in total. The molecule has 1 aliphatic heterocycles. The molecule has 1 heterocycles. The summed E-state index contributed by atoms with van der Waals surface area (Å²) in [5, 5.41) is 53.0. The first-order valence-corrected chi connectivity index (χ1v) is 13.9. The molecule has 212 valence electrons. The van der Waals surface area contributed by atoms with Gasteiger partial charge in [0.05, 0.1) is 25.4 Å². The maximum atomic E-state index is 12.5. The Hall–Kier alpha value is -1.07. The second kappa shape index (κ2) is 20.0. The van der Waals surface area contributed by atoms with E-state index in [-0.39, 0.29) is 12.5 Å². The van der Waals surface area contributed by atoms with Crippen LogP contribution in [-0.4, -0.2) is 87.5 Å². The highest BCUT2D eigenvalue weighted by atomic mass is 16.7. The lowest BCUT2D eigenvalue weighted by Crippen LogP contribution is -2.60. The zero-order valence-electron chi connectivity index (χ0n) is 22.3. The van der Waals surface area contributed by atoms with E-state index in [0.717, 1.165) is 44.9 Å². The minimum absolute atomic E-state index is 0.188. The minimum atomic E-state index is -1.56. The van der Waals surface area contributed by atoms with Crippen molar-refractivity contribution < 1.29 is 39.8 Å². The fraction of sp³-hybridized carbons (Fsp3) is 0.889. The van der Waals surface area contributed by atoms with E-state index < -0.39 is 49.5 Å². The molecule has 1 aliphatic rings. The maximum absolute atomic E-state index is 12.5. The molecule has 0 bridgehead atoms. The van der Waals surface area contributed by atoms with Gasteiger partial charge in [0.25, 0.3) is 0 Å². The van der Waals surface area contributed by atoms with Gasteiger partial charge in [0.2, 0.25) is 5.91 Å². The molecule has 0 aliphatic carbocycles. The van der Waals surface area contributed by atoms with Gasteiger partial charge in [0, 0.05) is 6.42 Å². The molecule has 7 unspecified atom stereocenters. The van der Waals surface area contributed by atoms with Crippen LogP contribution in [-0.2, 0) is 14.3 Å². The van der Waals surface area contributed by atoms with Gasteiger partial charge < -0.3 is 40.3 Å². The summed E-state index contributed by atoms with van der Waals surface area (Å²) in [4.78, 5) is 12.5. The van der Waals surface area contributed by atoms with E-state index >= 15 is 0 Å². The van der Waals surface area contributed by atoms with Crippen LogP contribution in [0.5, 0.6) is 0 Å². The topological polar surface area (TPSA) is 149 Å². The number of rotatable bonds is 20. The molecule has 6 N–H and O–H groups in total. The zero-order valence-corrected chi connectivity index (χ0v) is 22.3. The third kappa shape index (κ3) is 12.9. The van der Waals surface area contributed by atoms with Crippen molar-refractivity contribution >= 4 is 5.91 Å². The van der Waals surface area contributed by atoms with Gasteiger partial charge in [-0.3, -0.25) is 4.79 Å². The van der Waals surface area contributed by atoms with Crippen LogP contribution in [0.25, 0.3) is 0 Å². The number of unbranched alkanes of at least 4 members (excludes halogenated alkanes) is 10. The quantitative estimate of drug-likeness (QED) is 0.106. The van der Waals surface area contributed by atoms with Crippen molar-refractivity contribution in [2.24, 2.45) is 0 Å². The van der Waals surface area contributed by atoms with E-state index in [1.54, 1.807) is 6.08 Å². The van der Waals surface area contributed by atoms with E-state index in [9.17, 15) is 30.3 Å². The van der Waals surface area contributed by atoms with Crippen molar-refractivity contribution in [1.29, 1.82) is 0 Å². The second-order valence-corrected chi connectivity index (χ2v) is 9.84. The van der Waals surface area contributed by atoms with Crippen molar-refractivity contribution in [3.63, 3.8) is 0 Å². The Morgan fingerprint density at radius 1 is 0.917 bits per heavy atom. The first-order chi connectivity index (χ1) is 17.3. The molecule has 0 spiro atoms. The molecule has 0 saturated carbocycles. The lowest BCUT2D eigenvalue weighted by molar-refractivity contribution is -0.302. The first kappa shape index (κ1) is 33.0. The summed E-state index contributed by atoms with van der Waals surface area (Å²) in [6.07, 6.45) is 8.97. The van der Waals surface area contributed by atoms with E-state index in [4.69, 9.17) is 9.47 Å². The normalized spacial score (nSPS) is 26.2. The van der Waals surface area contributed by atoms with Crippen LogP contribution in [0.3, 0.4) is 0 Å². The smallest absolute Gasteiger partial charge is 0.220 e. The van der Waals surface area contributed by atoms with Crippen LogP contribution < -0.4 is 5.32 Å². The molecule has 9 heteroatoms. The van der Waals surface area contributed by atoms with Gasteiger partial charge in [-0.25, -0.2) is 0 Å². The molecule has 0 radical (unpaired) electrons. The van der Waals surface area contributed by atoms with Crippen LogP contribution in [0.15, 0.2) is 12.2 Å². The van der Waals surface area contributed by atoms with Crippen molar-refractivity contribution in [3.8, 4) is 0 Å². The molecule has 0 aromatic rings. The summed E-state index contributed by atoms with van der Waals surface area (Å²) < 4.78 is 11.0. The van der Waals surface area contributed by atoms with Crippen LogP contribution in [0.4, 0.5) is 0 Å². The standard InChI is InChI=1S/C27H51NO8/c1-3-5-7-9-10-11-12-13-14-16-21(30)20(28-23(31)17-15-8-6-4-2)19-35-27-26(34)25(33)24(32)22(18-29)36-27/h14,16,20-22,24-27,29-30,32-34H,3-13,15,17-19H2,1-2H3,(H,28,31)/b16-14+. The summed E-state index contributed by atoms with van der Waals surface area (Å²) in [7, 11) is 0. The second-order valence-electron chi connectivity index (χ2n) is 9.84. The molecule has 1 amide bonds. The number of aliphatic hydroxyl groups is 5. The lowest BCUT2D eigenvalue weighted by Gasteiger charge is -2.40. The largest absolute Gasteiger partial charge is 0.394 e. The minimum Gasteiger partial charge on any atom is -0.394 e. The van der Waals surface area contributed by atoms with Gasteiger partial charge in [-0.2, -0.15) is 0 Å². The van der Waals surface area contributed by atoms with E-state index in [0.29, 0.717) is 6.42 Å². The summed E-state index contributed by atoms with van der Waals surface area (Å²) >= 11 is 0. The molecule has 1 rings (SSSR count). The average molecular weight is 518 g/mol. The number of hydrogen-bond donors (Lipinski definition) is 6. The van der Waals surface area contributed by atoms with Crippen molar-refractivity contribution in [3.05, 3.63) is 12.2 Å². The van der Waals surface area contributed by atoms with Gasteiger partial charge >= 0.3 is 0 Å². The molecule has 1 saturated heterocycles. The molecule has 1 fully saturated rings. The molecule has 0 aromatic heterocycles. The van der Waals surface area contributed by atoms with E-state index in [2.05, 4.69) is 19.2 Å². The van der Waals surface area contributed by atoms with Crippen LogP contribution in [0, 0.1) is 0 Å². The number of amides is 1. The Morgan fingerprint density at radius 2 is 1.53 bits per heavy atom. The van der Waals surface area contributed by atoms with Gasteiger partial charge in [0.1, 0.15) is 24.4 Å². The summed E-state index contributed by atoms with van der Waals surface area (Å²) in [6.45, 7) is 3.55. The third-order valence-corrected chi connectivity index (χ3v) is 6.61. The lowest BCUT2D eigenvalue weighted by atomic mass is 9.99.